The molecule has 1 heterocycles. The van der Waals surface area contributed by atoms with Crippen molar-refractivity contribution in [1.82, 2.24) is 0 Å². The van der Waals surface area contributed by atoms with Crippen LogP contribution in [0, 0.1) is 6.92 Å². The lowest BCUT2D eigenvalue weighted by atomic mass is 10.0. The van der Waals surface area contributed by atoms with Crippen LogP contribution in [0.4, 0.5) is 0 Å². The number of fused-ring (bicyclic) bond motifs is 2. The van der Waals surface area contributed by atoms with Gasteiger partial charge in [-0.15, -0.1) is 0 Å². The van der Waals surface area contributed by atoms with E-state index in [1.165, 1.54) is 0 Å². The smallest absolute Gasteiger partial charge is 0.317 e. The van der Waals surface area contributed by atoms with Crippen LogP contribution in [-0.4, -0.2) is 11.7 Å². The van der Waals surface area contributed by atoms with Crippen molar-refractivity contribution in [3.63, 3.8) is 0 Å². The largest absolute Gasteiger partial charge is 0.339 e. The molecule has 25 heavy (non-hydrogen) atoms. The molecule has 4 heteroatoms. The van der Waals surface area contributed by atoms with Crippen LogP contribution >= 0.6 is 0 Å². The number of para-hydroxylation sites is 1. The summed E-state index contributed by atoms with van der Waals surface area (Å²) >= 11 is 0. The Morgan fingerprint density at radius 2 is 1.92 bits per heavy atom. The highest BCUT2D eigenvalue weighted by molar-refractivity contribution is 6.30. The van der Waals surface area contributed by atoms with E-state index in [2.05, 4.69) is 10.1 Å². The Labute approximate surface area is 145 Å². The average Bonchev–Trinajstić information content (AvgIpc) is 3.01. The van der Waals surface area contributed by atoms with Gasteiger partial charge in [0.25, 0.3) is 0 Å². The number of allylic oxidation sites excluding steroid dienone is 4. The van der Waals surface area contributed by atoms with E-state index in [1.807, 2.05) is 73.7 Å². The third kappa shape index (κ3) is 3.06. The van der Waals surface area contributed by atoms with E-state index in [0.717, 1.165) is 33.0 Å². The Morgan fingerprint density at radius 3 is 2.76 bits per heavy atom. The molecule has 4 nitrogen and oxygen atoms in total. The van der Waals surface area contributed by atoms with Crippen LogP contribution in [-0.2, 0) is 16.1 Å². The monoisotopic (exact) mass is 328 g/mol. The zero-order valence-corrected chi connectivity index (χ0v) is 13.8. The molecule has 0 aromatic heterocycles. The topological polar surface area (TPSA) is 51.0 Å². The van der Waals surface area contributed by atoms with Crippen molar-refractivity contribution in [3.8, 4) is 0 Å². The minimum Gasteiger partial charge on any atom is -0.317 e. The van der Waals surface area contributed by atoms with Crippen molar-refractivity contribution in [2.45, 2.75) is 13.3 Å². The maximum atomic E-state index is 12.1. The van der Waals surface area contributed by atoms with Crippen molar-refractivity contribution in [3.05, 3.63) is 94.2 Å². The molecule has 0 amide bonds. The molecule has 0 saturated carbocycles. The molecule has 0 N–H and O–H groups in total. The molecule has 1 aliphatic heterocycles. The second-order valence-corrected chi connectivity index (χ2v) is 6.02. The molecule has 2 aromatic rings. The van der Waals surface area contributed by atoms with Crippen LogP contribution in [0.2, 0.25) is 0 Å². The van der Waals surface area contributed by atoms with Gasteiger partial charge < -0.3 is 4.84 Å². The fourth-order valence-corrected chi connectivity index (χ4v) is 2.89. The lowest BCUT2D eigenvalue weighted by Crippen LogP contribution is -2.24. The fraction of sp³-hybridized carbons (Fsp3) is 0.0952. The third-order valence-corrected chi connectivity index (χ3v) is 4.15. The summed E-state index contributed by atoms with van der Waals surface area (Å²) in [6, 6.07) is 15.7. The van der Waals surface area contributed by atoms with Crippen LogP contribution in [0.25, 0.3) is 5.57 Å². The van der Waals surface area contributed by atoms with E-state index < -0.39 is 0 Å². The molecule has 0 bridgehead atoms. The zero-order valence-electron chi connectivity index (χ0n) is 13.8. The predicted molar refractivity (Wildman–Crippen MR) is 96.3 cm³/mol. The van der Waals surface area contributed by atoms with Gasteiger partial charge in [-0.3, -0.25) is 0 Å². The summed E-state index contributed by atoms with van der Waals surface area (Å²) in [4.78, 5) is 21.8. The van der Waals surface area contributed by atoms with Gasteiger partial charge in [0.05, 0.1) is 17.5 Å². The highest BCUT2D eigenvalue weighted by atomic mass is 16.7. The van der Waals surface area contributed by atoms with Crippen molar-refractivity contribution < 1.29 is 9.63 Å². The molecule has 2 aromatic carbocycles. The van der Waals surface area contributed by atoms with E-state index >= 15 is 0 Å². The number of oxime groups is 1. The van der Waals surface area contributed by atoms with Crippen molar-refractivity contribution >= 4 is 17.3 Å². The summed E-state index contributed by atoms with van der Waals surface area (Å²) < 4.78 is 0. The minimum atomic E-state index is -0.385. The number of aryl methyl sites for hydroxylation is 1. The van der Waals surface area contributed by atoms with Crippen LogP contribution < -0.4 is 10.6 Å². The third-order valence-electron chi connectivity index (χ3n) is 4.15. The second kappa shape index (κ2) is 6.32. The molecule has 1 aliphatic carbocycles. The van der Waals surface area contributed by atoms with Crippen molar-refractivity contribution in [1.29, 1.82) is 0 Å². The summed E-state index contributed by atoms with van der Waals surface area (Å²) in [6.45, 7) is 2.01. The highest BCUT2D eigenvalue weighted by Gasteiger charge is 2.19. The van der Waals surface area contributed by atoms with Gasteiger partial charge in [0.2, 0.25) is 0 Å². The normalized spacial score (nSPS) is 16.1. The Hall–Kier alpha value is -3.27. The van der Waals surface area contributed by atoms with Crippen molar-refractivity contribution in [2.24, 2.45) is 10.1 Å². The summed E-state index contributed by atoms with van der Waals surface area (Å²) in [7, 11) is 0. The van der Waals surface area contributed by atoms with E-state index in [4.69, 9.17) is 4.84 Å². The summed E-state index contributed by atoms with van der Waals surface area (Å²) in [5, 5.41) is 6.00. The van der Waals surface area contributed by atoms with Gasteiger partial charge in [-0.05, 0) is 30.7 Å². The molecule has 0 atom stereocenters. The van der Waals surface area contributed by atoms with Crippen LogP contribution in [0.5, 0.6) is 0 Å². The van der Waals surface area contributed by atoms with Gasteiger partial charge in [0.15, 0.2) is 0 Å². The Balaban J connectivity index is 1.57. The number of carbonyl (C=O) groups excluding carboxylic acids is 1. The van der Waals surface area contributed by atoms with Gasteiger partial charge in [-0.25, -0.2) is 9.79 Å². The second-order valence-electron chi connectivity index (χ2n) is 6.02. The molecule has 2 aliphatic rings. The Bertz CT molecular complexity index is 1060. The molecule has 122 valence electrons. The van der Waals surface area contributed by atoms with Crippen LogP contribution in [0.3, 0.4) is 0 Å². The number of benzene rings is 2. The fourth-order valence-electron chi connectivity index (χ4n) is 2.89. The van der Waals surface area contributed by atoms with Gasteiger partial charge in [0.1, 0.15) is 5.71 Å². The van der Waals surface area contributed by atoms with Crippen molar-refractivity contribution in [2.75, 3.05) is 0 Å². The summed E-state index contributed by atoms with van der Waals surface area (Å²) in [5.41, 5.74) is 4.43. The lowest BCUT2D eigenvalue weighted by Gasteiger charge is -2.08. The number of hydrogen-bond acceptors (Lipinski definition) is 4. The predicted octanol–water partition coefficient (Wildman–Crippen LogP) is 2.37. The standard InChI is InChI=1S/C21H16N2O2/c1-14-9-11-15(12-10-14)13-20(24)25-23-19-8-4-7-18-21(19)16-5-2-3-6-17(16)22-18/h2-12H,13H2,1H3. The van der Waals surface area contributed by atoms with Gasteiger partial charge >= 0.3 is 5.97 Å². The molecule has 0 fully saturated rings. The minimum absolute atomic E-state index is 0.194. The molecular weight excluding hydrogens is 312 g/mol. The van der Waals surface area contributed by atoms with E-state index in [-0.39, 0.29) is 12.4 Å². The van der Waals surface area contributed by atoms with Gasteiger partial charge in [0, 0.05) is 10.8 Å². The molecule has 0 saturated heterocycles. The molecule has 0 unspecified atom stereocenters. The molecule has 0 spiro atoms. The number of hydrogen-bond donors (Lipinski definition) is 0. The van der Waals surface area contributed by atoms with Crippen LogP contribution in [0.1, 0.15) is 11.1 Å². The first kappa shape index (κ1) is 15.3. The number of carbonyl (C=O) groups is 1. The quantitative estimate of drug-likeness (QED) is 0.642. The first-order valence-electron chi connectivity index (χ1n) is 8.11. The zero-order chi connectivity index (χ0) is 17.2. The Morgan fingerprint density at radius 1 is 1.12 bits per heavy atom. The molecule has 0 radical (unpaired) electrons. The first-order chi connectivity index (χ1) is 12.2. The summed E-state index contributed by atoms with van der Waals surface area (Å²) in [5.74, 6) is -0.385. The van der Waals surface area contributed by atoms with Gasteiger partial charge in [-0.1, -0.05) is 59.3 Å². The van der Waals surface area contributed by atoms with E-state index in [1.54, 1.807) is 0 Å². The maximum absolute atomic E-state index is 12.1. The van der Waals surface area contributed by atoms with E-state index in [9.17, 15) is 4.79 Å². The number of rotatable bonds is 3. The maximum Gasteiger partial charge on any atom is 0.339 e. The van der Waals surface area contributed by atoms with Gasteiger partial charge in [-0.2, -0.15) is 0 Å². The number of nitrogens with zero attached hydrogens (tertiary/aromatic N) is 2. The Kier molecular flexibility index (Phi) is 3.86. The van der Waals surface area contributed by atoms with E-state index in [0.29, 0.717) is 5.71 Å². The highest BCUT2D eigenvalue weighted by Crippen LogP contribution is 2.20. The SMILES string of the molecule is Cc1ccc(CC(=O)ON=C2C=CC=C3N=c4ccccc4=C32)cc1. The van der Waals surface area contributed by atoms with Crippen LogP contribution in [0.15, 0.2) is 82.6 Å². The molecular formula is C21H16N2O2. The summed E-state index contributed by atoms with van der Waals surface area (Å²) in [6.07, 6.45) is 5.82. The average molecular weight is 328 g/mol. The lowest BCUT2D eigenvalue weighted by molar-refractivity contribution is -0.142. The first-order valence-corrected chi connectivity index (χ1v) is 8.11. The molecule has 4 rings (SSSR count).